The molecule has 0 radical (unpaired) electrons. The number of benzene rings is 3. The molecule has 4 aromatic rings. The second-order valence-electron chi connectivity index (χ2n) is 13.7. The molecule has 1 amide bonds. The molecule has 3 aromatic carbocycles. The SMILES string of the molecule is Fc1ccc(-c2cccc(-c3nc(NC4CCCCC4)ncc3Cl)c2)cc1.NC(=O)C1CCN(C2CCN(c3ccc([N+](=O)[O-])cc3)CC2)CC1. The maximum Gasteiger partial charge on any atom is 0.269 e. The quantitative estimate of drug-likeness (QED) is 0.138. The highest BCUT2D eigenvalue weighted by molar-refractivity contribution is 6.32. The first-order valence-electron chi connectivity index (χ1n) is 17.9. The summed E-state index contributed by atoms with van der Waals surface area (Å²) in [5, 5.41) is 14.7. The van der Waals surface area contributed by atoms with Crippen molar-refractivity contribution in [1.82, 2.24) is 14.9 Å². The fraction of sp³-hybridized carbons (Fsp3) is 0.410. The number of nitro groups is 1. The maximum atomic E-state index is 13.2. The van der Waals surface area contributed by atoms with Crippen LogP contribution in [0.15, 0.2) is 79.0 Å². The lowest BCUT2D eigenvalue weighted by molar-refractivity contribution is -0.384. The molecule has 2 saturated heterocycles. The van der Waals surface area contributed by atoms with Crippen molar-refractivity contribution >= 4 is 34.8 Å². The van der Waals surface area contributed by atoms with E-state index >= 15 is 0 Å². The zero-order valence-corrected chi connectivity index (χ0v) is 29.5. The third kappa shape index (κ3) is 9.59. The van der Waals surface area contributed by atoms with Gasteiger partial charge in [0.1, 0.15) is 5.82 Å². The van der Waals surface area contributed by atoms with Crippen LogP contribution in [-0.2, 0) is 4.79 Å². The number of non-ortho nitro benzene ring substituents is 1. The lowest BCUT2D eigenvalue weighted by Crippen LogP contribution is -2.48. The monoisotopic (exact) mass is 713 g/mol. The average Bonchev–Trinajstić information content (AvgIpc) is 3.17. The third-order valence-electron chi connectivity index (χ3n) is 10.3. The zero-order chi connectivity index (χ0) is 35.7. The fourth-order valence-corrected chi connectivity index (χ4v) is 7.58. The molecule has 3 fully saturated rings. The summed E-state index contributed by atoms with van der Waals surface area (Å²) in [5.41, 5.74) is 10.1. The summed E-state index contributed by atoms with van der Waals surface area (Å²) in [6, 6.07) is 22.2. The number of hydrogen-bond donors (Lipinski definition) is 2. The molecule has 0 bridgehead atoms. The Morgan fingerprint density at radius 2 is 1.53 bits per heavy atom. The second-order valence-corrected chi connectivity index (χ2v) is 14.1. The highest BCUT2D eigenvalue weighted by atomic mass is 35.5. The predicted molar refractivity (Wildman–Crippen MR) is 200 cm³/mol. The summed E-state index contributed by atoms with van der Waals surface area (Å²) in [4.78, 5) is 35.4. The summed E-state index contributed by atoms with van der Waals surface area (Å²) in [6.07, 6.45) is 11.7. The molecule has 1 saturated carbocycles. The summed E-state index contributed by atoms with van der Waals surface area (Å²) in [6.45, 7) is 3.82. The topological polar surface area (TPSA) is 131 Å². The predicted octanol–water partition coefficient (Wildman–Crippen LogP) is 8.11. The Kier molecular flexibility index (Phi) is 12.1. The van der Waals surface area contributed by atoms with Gasteiger partial charge in [0.05, 0.1) is 21.8 Å². The molecule has 0 unspecified atom stereocenters. The largest absolute Gasteiger partial charge is 0.371 e. The molecule has 0 atom stereocenters. The van der Waals surface area contributed by atoms with Gasteiger partial charge in [0.25, 0.3) is 5.69 Å². The molecule has 3 aliphatic rings. The number of piperidine rings is 2. The molecule has 10 nitrogen and oxygen atoms in total. The van der Waals surface area contributed by atoms with Gasteiger partial charge in [0.15, 0.2) is 0 Å². The number of aromatic nitrogens is 2. The molecule has 1 aliphatic carbocycles. The van der Waals surface area contributed by atoms with Crippen LogP contribution in [-0.4, -0.2) is 64.0 Å². The van der Waals surface area contributed by atoms with E-state index in [2.05, 4.69) is 25.1 Å². The molecule has 0 spiro atoms. The minimum atomic E-state index is -0.369. The number of hydrogen-bond acceptors (Lipinski definition) is 8. The van der Waals surface area contributed by atoms with Gasteiger partial charge >= 0.3 is 0 Å². The molecule has 3 heterocycles. The lowest BCUT2D eigenvalue weighted by Gasteiger charge is -2.42. The Morgan fingerprint density at radius 1 is 0.863 bits per heavy atom. The fourth-order valence-electron chi connectivity index (χ4n) is 7.38. The van der Waals surface area contributed by atoms with Gasteiger partial charge in [-0.3, -0.25) is 14.9 Å². The summed E-state index contributed by atoms with van der Waals surface area (Å²) >= 11 is 6.39. The van der Waals surface area contributed by atoms with Crippen molar-refractivity contribution in [2.24, 2.45) is 11.7 Å². The van der Waals surface area contributed by atoms with E-state index < -0.39 is 0 Å². The van der Waals surface area contributed by atoms with Crippen molar-refractivity contribution in [3.05, 3.63) is 99.9 Å². The second kappa shape index (κ2) is 17.1. The average molecular weight is 714 g/mol. The molecule has 51 heavy (non-hydrogen) atoms. The number of carbonyl (C=O) groups excluding carboxylic acids is 1. The van der Waals surface area contributed by atoms with E-state index in [0.29, 0.717) is 28.7 Å². The third-order valence-corrected chi connectivity index (χ3v) is 10.6. The van der Waals surface area contributed by atoms with E-state index in [-0.39, 0.29) is 28.3 Å². The number of nitrogens with two attached hydrogens (primary N) is 1. The number of carbonyl (C=O) groups is 1. The number of nitrogens with zero attached hydrogens (tertiary/aromatic N) is 5. The normalized spacial score (nSPS) is 17.7. The van der Waals surface area contributed by atoms with Crippen molar-refractivity contribution in [3.63, 3.8) is 0 Å². The van der Waals surface area contributed by atoms with Crippen LogP contribution in [0.1, 0.15) is 57.8 Å². The summed E-state index contributed by atoms with van der Waals surface area (Å²) < 4.78 is 13.2. The number of likely N-dealkylation sites (tertiary alicyclic amines) is 1. The number of amides is 1. The van der Waals surface area contributed by atoms with E-state index in [1.54, 1.807) is 30.5 Å². The highest BCUT2D eigenvalue weighted by Crippen LogP contribution is 2.31. The van der Waals surface area contributed by atoms with E-state index in [1.165, 1.54) is 31.4 Å². The molecule has 268 valence electrons. The van der Waals surface area contributed by atoms with Crippen LogP contribution in [0, 0.1) is 21.8 Å². The number of rotatable bonds is 8. The van der Waals surface area contributed by atoms with Crippen LogP contribution in [0.25, 0.3) is 22.4 Å². The Bertz CT molecular complexity index is 1770. The minimum Gasteiger partial charge on any atom is -0.371 e. The van der Waals surface area contributed by atoms with Crippen molar-refractivity contribution in [2.45, 2.75) is 69.9 Å². The van der Waals surface area contributed by atoms with Gasteiger partial charge in [-0.15, -0.1) is 0 Å². The van der Waals surface area contributed by atoms with Gasteiger partial charge in [0, 0.05) is 54.5 Å². The van der Waals surface area contributed by atoms with Gasteiger partial charge in [-0.05, 0) is 93.1 Å². The van der Waals surface area contributed by atoms with Gasteiger partial charge in [-0.25, -0.2) is 14.4 Å². The summed E-state index contributed by atoms with van der Waals surface area (Å²) in [5.74, 6) is 0.254. The first kappa shape index (κ1) is 36.2. The Labute approximate surface area is 303 Å². The molecule has 2 aliphatic heterocycles. The zero-order valence-electron chi connectivity index (χ0n) is 28.7. The van der Waals surface area contributed by atoms with Gasteiger partial charge < -0.3 is 20.9 Å². The number of anilines is 2. The van der Waals surface area contributed by atoms with Crippen molar-refractivity contribution in [3.8, 4) is 22.4 Å². The van der Waals surface area contributed by atoms with Crippen LogP contribution in [0.2, 0.25) is 5.02 Å². The molecular weight excluding hydrogens is 669 g/mol. The molecule has 3 N–H and O–H groups in total. The Hall–Kier alpha value is -4.61. The molecular formula is C39H45ClFN7O3. The molecule has 7 rings (SSSR count). The van der Waals surface area contributed by atoms with Gasteiger partial charge in [-0.2, -0.15) is 0 Å². The van der Waals surface area contributed by atoms with Gasteiger partial charge in [-0.1, -0.05) is 61.2 Å². The Balaban J connectivity index is 0.000000177. The van der Waals surface area contributed by atoms with E-state index in [1.807, 2.05) is 36.4 Å². The number of primary amides is 1. The first-order chi connectivity index (χ1) is 24.7. The maximum absolute atomic E-state index is 13.2. The van der Waals surface area contributed by atoms with Gasteiger partial charge in [0.2, 0.25) is 11.9 Å². The van der Waals surface area contributed by atoms with E-state index in [4.69, 9.17) is 17.3 Å². The van der Waals surface area contributed by atoms with Crippen LogP contribution >= 0.6 is 11.6 Å². The number of halogens is 2. The first-order valence-corrected chi connectivity index (χ1v) is 18.3. The highest BCUT2D eigenvalue weighted by Gasteiger charge is 2.30. The van der Waals surface area contributed by atoms with Crippen LogP contribution in [0.4, 0.5) is 21.7 Å². The molecule has 12 heteroatoms. The molecule has 1 aromatic heterocycles. The van der Waals surface area contributed by atoms with Crippen molar-refractivity contribution in [1.29, 1.82) is 0 Å². The lowest BCUT2D eigenvalue weighted by atomic mass is 9.93. The van der Waals surface area contributed by atoms with Crippen LogP contribution < -0.4 is 16.0 Å². The smallest absolute Gasteiger partial charge is 0.269 e. The Morgan fingerprint density at radius 3 is 2.18 bits per heavy atom. The summed E-state index contributed by atoms with van der Waals surface area (Å²) in [7, 11) is 0. The van der Waals surface area contributed by atoms with Crippen molar-refractivity contribution in [2.75, 3.05) is 36.4 Å². The number of nitrogens with one attached hydrogen (secondary N) is 1. The number of nitro benzene ring substituents is 1. The van der Waals surface area contributed by atoms with Crippen LogP contribution in [0.5, 0.6) is 0 Å². The van der Waals surface area contributed by atoms with E-state index in [9.17, 15) is 19.3 Å². The minimum absolute atomic E-state index is 0.0430. The standard InChI is InChI=1S/C22H21ClFN3.C17H24N4O3/c23-20-14-25-22(26-19-7-2-1-3-8-19)27-21(20)17-6-4-5-16(13-17)15-9-11-18(24)12-10-15;18-17(22)13-5-9-19(10-6-13)15-7-11-20(12-8-15)14-1-3-16(4-2-14)21(23)24/h4-6,9-14,19H,1-3,7-8H2,(H,25,26,27);1-4,13,15H,5-12H2,(H2,18,22). The van der Waals surface area contributed by atoms with Crippen LogP contribution in [0.3, 0.4) is 0 Å². The van der Waals surface area contributed by atoms with Crippen molar-refractivity contribution < 1.29 is 14.1 Å². The van der Waals surface area contributed by atoms with E-state index in [0.717, 1.165) is 87.1 Å².